The lowest BCUT2D eigenvalue weighted by atomic mass is 10.4. The zero-order valence-corrected chi connectivity index (χ0v) is 13.7. The molecule has 0 fully saturated rings. The van der Waals surface area contributed by atoms with E-state index in [1.54, 1.807) is 6.92 Å². The average Bonchev–Trinajstić information content (AvgIpc) is 2.52. The number of ether oxygens (including phenoxy) is 4. The Hall–Kier alpha value is -2.97. The molecule has 1 amide bonds. The summed E-state index contributed by atoms with van der Waals surface area (Å²) in [7, 11) is 0. The fraction of sp³-hybridized carbons (Fsp3) is 0.400. The molecule has 0 aliphatic carbocycles. The third-order valence-electron chi connectivity index (χ3n) is 1.93. The van der Waals surface area contributed by atoms with E-state index >= 15 is 0 Å². The van der Waals surface area contributed by atoms with Crippen LogP contribution in [0.2, 0.25) is 0 Å². The SMILES string of the molecule is C=CC(=O)OC(C)COC(N)=O.C=CC(=O)OCCCOC(=C)N. The van der Waals surface area contributed by atoms with Crippen LogP contribution in [0, 0.1) is 0 Å². The van der Waals surface area contributed by atoms with Crippen molar-refractivity contribution in [2.75, 3.05) is 19.8 Å². The molecule has 0 aliphatic rings. The van der Waals surface area contributed by atoms with Crippen molar-refractivity contribution >= 4 is 18.0 Å². The summed E-state index contributed by atoms with van der Waals surface area (Å²) in [6.45, 7) is 12.0. The van der Waals surface area contributed by atoms with Crippen molar-refractivity contribution in [3.63, 3.8) is 0 Å². The highest BCUT2D eigenvalue weighted by atomic mass is 16.6. The van der Waals surface area contributed by atoms with Gasteiger partial charge in [0.15, 0.2) is 5.88 Å². The van der Waals surface area contributed by atoms with Gasteiger partial charge in [-0.2, -0.15) is 0 Å². The van der Waals surface area contributed by atoms with E-state index in [9.17, 15) is 14.4 Å². The molecule has 0 spiro atoms. The molecule has 0 heterocycles. The van der Waals surface area contributed by atoms with Crippen molar-refractivity contribution in [2.24, 2.45) is 11.5 Å². The van der Waals surface area contributed by atoms with Gasteiger partial charge in [0.25, 0.3) is 0 Å². The van der Waals surface area contributed by atoms with Gasteiger partial charge in [-0.25, -0.2) is 14.4 Å². The molecule has 1 unspecified atom stereocenters. The van der Waals surface area contributed by atoms with Crippen LogP contribution < -0.4 is 11.5 Å². The molecule has 0 aromatic carbocycles. The summed E-state index contributed by atoms with van der Waals surface area (Å²) in [5, 5.41) is 0. The Bertz CT molecular complexity index is 449. The van der Waals surface area contributed by atoms with E-state index in [0.29, 0.717) is 19.6 Å². The molecule has 9 nitrogen and oxygen atoms in total. The van der Waals surface area contributed by atoms with Crippen LogP contribution in [-0.2, 0) is 28.5 Å². The Kier molecular flexibility index (Phi) is 14.5. The molecule has 1 atom stereocenters. The van der Waals surface area contributed by atoms with Crippen LogP contribution in [0.3, 0.4) is 0 Å². The van der Waals surface area contributed by atoms with Crippen LogP contribution in [0.15, 0.2) is 37.8 Å². The maximum Gasteiger partial charge on any atom is 0.404 e. The minimum atomic E-state index is -0.892. The highest BCUT2D eigenvalue weighted by molar-refractivity contribution is 5.81. The summed E-state index contributed by atoms with van der Waals surface area (Å²) in [6, 6.07) is 0. The second-order valence-corrected chi connectivity index (χ2v) is 4.12. The third kappa shape index (κ3) is 19.0. The maximum atomic E-state index is 10.6. The molecule has 136 valence electrons. The molecule has 4 N–H and O–H groups in total. The minimum Gasteiger partial charge on any atom is -0.480 e. The predicted molar refractivity (Wildman–Crippen MR) is 86.3 cm³/mol. The fourth-order valence-corrected chi connectivity index (χ4v) is 0.974. The molecule has 0 saturated heterocycles. The number of carbonyl (C=O) groups is 3. The van der Waals surface area contributed by atoms with Gasteiger partial charge in [-0.3, -0.25) is 0 Å². The van der Waals surface area contributed by atoms with Crippen molar-refractivity contribution in [3.05, 3.63) is 37.8 Å². The lowest BCUT2D eigenvalue weighted by molar-refractivity contribution is -0.144. The second kappa shape index (κ2) is 14.9. The highest BCUT2D eigenvalue weighted by Gasteiger charge is 2.07. The summed E-state index contributed by atoms with van der Waals surface area (Å²) >= 11 is 0. The van der Waals surface area contributed by atoms with Gasteiger partial charge in [0.2, 0.25) is 0 Å². The zero-order valence-electron chi connectivity index (χ0n) is 13.7. The van der Waals surface area contributed by atoms with Gasteiger partial charge < -0.3 is 30.4 Å². The van der Waals surface area contributed by atoms with Crippen LogP contribution in [0.4, 0.5) is 4.79 Å². The monoisotopic (exact) mass is 344 g/mol. The molecule has 0 bridgehead atoms. The lowest BCUT2D eigenvalue weighted by Crippen LogP contribution is -2.23. The Labute approximate surface area is 140 Å². The third-order valence-corrected chi connectivity index (χ3v) is 1.93. The van der Waals surface area contributed by atoms with Crippen molar-refractivity contribution in [2.45, 2.75) is 19.4 Å². The average molecular weight is 344 g/mol. The van der Waals surface area contributed by atoms with Gasteiger partial charge in [0.05, 0.1) is 13.2 Å². The molecule has 0 aromatic heterocycles. The van der Waals surface area contributed by atoms with E-state index in [1.807, 2.05) is 0 Å². The van der Waals surface area contributed by atoms with Gasteiger partial charge in [-0.1, -0.05) is 13.2 Å². The first-order valence-electron chi connectivity index (χ1n) is 6.84. The molecule has 0 aromatic rings. The van der Waals surface area contributed by atoms with Gasteiger partial charge in [-0.15, -0.1) is 0 Å². The molecule has 0 radical (unpaired) electrons. The number of hydrogen-bond acceptors (Lipinski definition) is 8. The van der Waals surface area contributed by atoms with E-state index in [0.717, 1.165) is 12.2 Å². The van der Waals surface area contributed by atoms with E-state index in [4.69, 9.17) is 10.5 Å². The first kappa shape index (κ1) is 23.3. The van der Waals surface area contributed by atoms with Crippen LogP contribution >= 0.6 is 0 Å². The van der Waals surface area contributed by atoms with E-state index < -0.39 is 24.1 Å². The Morgan fingerprint density at radius 1 is 1.00 bits per heavy atom. The summed E-state index contributed by atoms with van der Waals surface area (Å²) in [6.07, 6.45) is 1.33. The molecule has 0 rings (SSSR count). The molecule has 9 heteroatoms. The number of primary amides is 1. The predicted octanol–water partition coefficient (Wildman–Crippen LogP) is 0.752. The first-order valence-corrected chi connectivity index (χ1v) is 6.84. The smallest absolute Gasteiger partial charge is 0.404 e. The largest absolute Gasteiger partial charge is 0.480 e. The molecule has 24 heavy (non-hydrogen) atoms. The van der Waals surface area contributed by atoms with E-state index in [2.05, 4.69) is 39.7 Å². The number of rotatable bonds is 10. The quantitative estimate of drug-likeness (QED) is 0.194. The standard InChI is InChI=1S/C8H13NO3.C7H11NO4/c1-3-8(10)12-6-4-5-11-7(2)9;1-3-6(9)12-5(2)4-11-7(8)10/h3H,1-2,4-6,9H2;3,5H,1,4H2,2H3,(H2,8,10). The number of carbonyl (C=O) groups excluding carboxylic acids is 3. The number of hydrogen-bond donors (Lipinski definition) is 2. The van der Waals surface area contributed by atoms with E-state index in [1.165, 1.54) is 0 Å². The van der Waals surface area contributed by atoms with Gasteiger partial charge >= 0.3 is 18.0 Å². The summed E-state index contributed by atoms with van der Waals surface area (Å²) < 4.78 is 18.5. The normalized spacial score (nSPS) is 10.0. The molecule has 0 saturated carbocycles. The van der Waals surface area contributed by atoms with Gasteiger partial charge in [0.1, 0.15) is 12.7 Å². The Morgan fingerprint density at radius 3 is 2.00 bits per heavy atom. The Balaban J connectivity index is 0. The molecular formula is C15H24N2O7. The second-order valence-electron chi connectivity index (χ2n) is 4.12. The number of amides is 1. The number of esters is 2. The first-order chi connectivity index (χ1) is 11.2. The zero-order chi connectivity index (χ0) is 19.0. The van der Waals surface area contributed by atoms with Gasteiger partial charge in [0, 0.05) is 18.6 Å². The molecular weight excluding hydrogens is 320 g/mol. The van der Waals surface area contributed by atoms with Crippen molar-refractivity contribution < 1.29 is 33.3 Å². The topological polar surface area (TPSA) is 140 Å². The lowest BCUT2D eigenvalue weighted by Gasteiger charge is -2.10. The van der Waals surface area contributed by atoms with Crippen LogP contribution in [0.5, 0.6) is 0 Å². The summed E-state index contributed by atoms with van der Waals surface area (Å²) in [5.41, 5.74) is 9.80. The van der Waals surface area contributed by atoms with Crippen LogP contribution in [0.25, 0.3) is 0 Å². The van der Waals surface area contributed by atoms with Crippen molar-refractivity contribution in [1.82, 2.24) is 0 Å². The van der Waals surface area contributed by atoms with Crippen molar-refractivity contribution in [3.8, 4) is 0 Å². The number of nitrogens with two attached hydrogens (primary N) is 2. The maximum absolute atomic E-state index is 10.6. The highest BCUT2D eigenvalue weighted by Crippen LogP contribution is 1.93. The fourth-order valence-electron chi connectivity index (χ4n) is 0.974. The van der Waals surface area contributed by atoms with Crippen LogP contribution in [0.1, 0.15) is 13.3 Å². The Morgan fingerprint density at radius 2 is 1.54 bits per heavy atom. The summed E-state index contributed by atoms with van der Waals surface area (Å²) in [4.78, 5) is 31.1. The van der Waals surface area contributed by atoms with Crippen molar-refractivity contribution in [1.29, 1.82) is 0 Å². The van der Waals surface area contributed by atoms with Crippen LogP contribution in [-0.4, -0.2) is 44.0 Å². The van der Waals surface area contributed by atoms with E-state index in [-0.39, 0.29) is 12.5 Å². The minimum absolute atomic E-state index is 0.0467. The summed E-state index contributed by atoms with van der Waals surface area (Å²) in [5.74, 6) is -0.817. The van der Waals surface area contributed by atoms with Gasteiger partial charge in [-0.05, 0) is 13.5 Å². The molecule has 0 aliphatic heterocycles.